The molecule has 5 heteroatoms. The van der Waals surface area contributed by atoms with Crippen LogP contribution >= 0.6 is 15.9 Å². The maximum absolute atomic E-state index is 13.4. The van der Waals surface area contributed by atoms with Crippen molar-refractivity contribution in [3.05, 3.63) is 63.9 Å². The highest BCUT2D eigenvalue weighted by atomic mass is 79.9. The Morgan fingerprint density at radius 3 is 2.59 bits per heavy atom. The number of aromatic nitrogens is 1. The number of hydrogen-bond donors (Lipinski definition) is 0. The van der Waals surface area contributed by atoms with Crippen LogP contribution in [0.1, 0.15) is 15.9 Å². The van der Waals surface area contributed by atoms with Crippen molar-refractivity contribution in [2.45, 2.75) is 0 Å². The smallest absolute Gasteiger partial charge is 0.197 e. The average Bonchev–Trinajstić information content (AvgIpc) is 2.28. The minimum Gasteiger partial charge on any atom is -0.288 e. The molecule has 2 aromatic rings. The van der Waals surface area contributed by atoms with E-state index in [0.717, 1.165) is 12.1 Å². The maximum Gasteiger partial charge on any atom is 0.197 e. The summed E-state index contributed by atoms with van der Waals surface area (Å²) in [7, 11) is 0. The first kappa shape index (κ1) is 11.9. The van der Waals surface area contributed by atoms with Gasteiger partial charge in [0.15, 0.2) is 5.78 Å². The van der Waals surface area contributed by atoms with Gasteiger partial charge in [-0.15, -0.1) is 0 Å². The maximum atomic E-state index is 13.4. The number of nitrogens with zero attached hydrogens (tertiary/aromatic N) is 1. The first-order valence-electron chi connectivity index (χ1n) is 4.68. The number of ketones is 1. The van der Waals surface area contributed by atoms with Gasteiger partial charge in [-0.05, 0) is 34.1 Å². The number of halogens is 3. The lowest BCUT2D eigenvalue weighted by Crippen LogP contribution is -2.05. The van der Waals surface area contributed by atoms with Crippen molar-refractivity contribution < 1.29 is 13.6 Å². The van der Waals surface area contributed by atoms with Gasteiger partial charge in [0.2, 0.25) is 0 Å². The van der Waals surface area contributed by atoms with Gasteiger partial charge < -0.3 is 0 Å². The van der Waals surface area contributed by atoms with Crippen LogP contribution in [0.2, 0.25) is 0 Å². The standard InChI is InChI=1S/C12H6BrF2NO/c13-8-3-7(5-16-6-8)12(17)10-2-1-9(14)4-11(10)15/h1-6H. The van der Waals surface area contributed by atoms with Crippen LogP contribution in [0.3, 0.4) is 0 Å². The summed E-state index contributed by atoms with van der Waals surface area (Å²) in [5, 5.41) is 0. The molecule has 0 saturated carbocycles. The third-order valence-electron chi connectivity index (χ3n) is 2.14. The van der Waals surface area contributed by atoms with Gasteiger partial charge in [-0.1, -0.05) is 0 Å². The Morgan fingerprint density at radius 2 is 1.94 bits per heavy atom. The monoisotopic (exact) mass is 297 g/mol. The van der Waals surface area contributed by atoms with Crippen molar-refractivity contribution in [2.75, 3.05) is 0 Å². The van der Waals surface area contributed by atoms with Crippen LogP contribution < -0.4 is 0 Å². The van der Waals surface area contributed by atoms with Crippen molar-refractivity contribution in [2.24, 2.45) is 0 Å². The van der Waals surface area contributed by atoms with Gasteiger partial charge in [-0.2, -0.15) is 0 Å². The van der Waals surface area contributed by atoms with Crippen molar-refractivity contribution in [3.8, 4) is 0 Å². The number of rotatable bonds is 2. The van der Waals surface area contributed by atoms with Gasteiger partial charge in [-0.3, -0.25) is 9.78 Å². The van der Waals surface area contributed by atoms with Crippen LogP contribution in [0.5, 0.6) is 0 Å². The molecule has 0 bridgehead atoms. The molecule has 1 aromatic carbocycles. The highest BCUT2D eigenvalue weighted by molar-refractivity contribution is 9.10. The fourth-order valence-electron chi connectivity index (χ4n) is 1.37. The lowest BCUT2D eigenvalue weighted by atomic mass is 10.0. The van der Waals surface area contributed by atoms with Crippen LogP contribution in [0.4, 0.5) is 8.78 Å². The molecule has 0 radical (unpaired) electrons. The predicted molar refractivity (Wildman–Crippen MR) is 61.7 cm³/mol. The molecule has 1 heterocycles. The molecule has 1 aromatic heterocycles. The van der Waals surface area contributed by atoms with E-state index >= 15 is 0 Å². The predicted octanol–water partition coefficient (Wildman–Crippen LogP) is 3.35. The summed E-state index contributed by atoms with van der Waals surface area (Å²) >= 11 is 3.16. The Morgan fingerprint density at radius 1 is 1.18 bits per heavy atom. The highest BCUT2D eigenvalue weighted by Gasteiger charge is 2.15. The van der Waals surface area contributed by atoms with Crippen molar-refractivity contribution in [1.29, 1.82) is 0 Å². The molecule has 0 N–H and O–H groups in total. The third kappa shape index (κ3) is 2.55. The summed E-state index contributed by atoms with van der Waals surface area (Å²) in [6.45, 7) is 0. The quantitative estimate of drug-likeness (QED) is 0.796. The van der Waals surface area contributed by atoms with Gasteiger partial charge >= 0.3 is 0 Å². The largest absolute Gasteiger partial charge is 0.288 e. The van der Waals surface area contributed by atoms with Crippen LogP contribution in [-0.4, -0.2) is 10.8 Å². The van der Waals surface area contributed by atoms with Crippen LogP contribution in [0.25, 0.3) is 0 Å². The Labute approximate surface area is 104 Å². The molecule has 2 nitrogen and oxygen atoms in total. The van der Waals surface area contributed by atoms with E-state index in [9.17, 15) is 13.6 Å². The van der Waals surface area contributed by atoms with Gasteiger partial charge in [0.1, 0.15) is 11.6 Å². The SMILES string of the molecule is O=C(c1cncc(Br)c1)c1ccc(F)cc1F. The van der Waals surface area contributed by atoms with Gasteiger partial charge in [0.05, 0.1) is 5.56 Å². The Balaban J connectivity index is 2.44. The van der Waals surface area contributed by atoms with Crippen molar-refractivity contribution in [1.82, 2.24) is 4.98 Å². The zero-order valence-electron chi connectivity index (χ0n) is 8.45. The van der Waals surface area contributed by atoms with Crippen LogP contribution in [0, 0.1) is 11.6 Å². The molecule has 0 fully saturated rings. The molecule has 0 spiro atoms. The summed E-state index contributed by atoms with van der Waals surface area (Å²) in [4.78, 5) is 15.7. The number of carbonyl (C=O) groups excluding carboxylic acids is 1. The first-order valence-corrected chi connectivity index (χ1v) is 5.47. The van der Waals surface area contributed by atoms with Crippen molar-refractivity contribution in [3.63, 3.8) is 0 Å². The van der Waals surface area contributed by atoms with E-state index in [1.165, 1.54) is 18.5 Å². The molecule has 2 rings (SSSR count). The third-order valence-corrected chi connectivity index (χ3v) is 2.58. The summed E-state index contributed by atoms with van der Waals surface area (Å²) in [6.07, 6.45) is 2.84. The van der Waals surface area contributed by atoms with E-state index in [2.05, 4.69) is 20.9 Å². The number of hydrogen-bond acceptors (Lipinski definition) is 2. The number of benzene rings is 1. The lowest BCUT2D eigenvalue weighted by molar-refractivity contribution is 0.103. The Bertz CT molecular complexity index is 586. The molecular weight excluding hydrogens is 292 g/mol. The second kappa shape index (κ2) is 4.71. The Hall–Kier alpha value is -1.62. The van der Waals surface area contributed by atoms with E-state index < -0.39 is 17.4 Å². The molecule has 0 saturated heterocycles. The second-order valence-corrected chi connectivity index (χ2v) is 4.26. The molecule has 0 aliphatic rings. The van der Waals surface area contributed by atoms with Gasteiger partial charge in [-0.25, -0.2) is 8.78 Å². The van der Waals surface area contributed by atoms with Gasteiger partial charge in [0, 0.05) is 28.5 Å². The normalized spacial score (nSPS) is 10.3. The van der Waals surface area contributed by atoms with Crippen LogP contribution in [0.15, 0.2) is 41.1 Å². The Kier molecular flexibility index (Phi) is 3.28. The molecule has 17 heavy (non-hydrogen) atoms. The molecule has 0 unspecified atom stereocenters. The lowest BCUT2D eigenvalue weighted by Gasteiger charge is -2.02. The second-order valence-electron chi connectivity index (χ2n) is 3.35. The first-order chi connectivity index (χ1) is 8.08. The fourth-order valence-corrected chi connectivity index (χ4v) is 1.73. The highest BCUT2D eigenvalue weighted by Crippen LogP contribution is 2.17. The molecular formula is C12H6BrF2NO. The number of pyridine rings is 1. The summed E-state index contributed by atoms with van der Waals surface area (Å²) in [5.41, 5.74) is 0.0659. The fraction of sp³-hybridized carbons (Fsp3) is 0. The van der Waals surface area contributed by atoms with E-state index in [-0.39, 0.29) is 11.1 Å². The zero-order valence-corrected chi connectivity index (χ0v) is 10.0. The number of carbonyl (C=O) groups is 1. The van der Waals surface area contributed by atoms with E-state index in [4.69, 9.17) is 0 Å². The minimum absolute atomic E-state index is 0.175. The van der Waals surface area contributed by atoms with Crippen molar-refractivity contribution >= 4 is 21.7 Å². The molecule has 0 amide bonds. The molecule has 0 atom stereocenters. The molecule has 86 valence electrons. The molecule has 0 aliphatic carbocycles. The van der Waals surface area contributed by atoms with Crippen LogP contribution in [-0.2, 0) is 0 Å². The summed E-state index contributed by atoms with van der Waals surface area (Å²) < 4.78 is 26.7. The average molecular weight is 298 g/mol. The van der Waals surface area contributed by atoms with E-state index in [0.29, 0.717) is 10.5 Å². The summed E-state index contributed by atoms with van der Waals surface area (Å²) in [6, 6.07) is 4.37. The zero-order chi connectivity index (χ0) is 12.4. The van der Waals surface area contributed by atoms with E-state index in [1.54, 1.807) is 0 Å². The van der Waals surface area contributed by atoms with E-state index in [1.807, 2.05) is 0 Å². The van der Waals surface area contributed by atoms with Gasteiger partial charge in [0.25, 0.3) is 0 Å². The topological polar surface area (TPSA) is 30.0 Å². The minimum atomic E-state index is -0.880. The molecule has 0 aliphatic heterocycles. The summed E-state index contributed by atoms with van der Waals surface area (Å²) in [5.74, 6) is -2.13.